The summed E-state index contributed by atoms with van der Waals surface area (Å²) in [4.78, 5) is 28.0. The minimum atomic E-state index is -0.0793. The first-order valence-corrected chi connectivity index (χ1v) is 10.4. The lowest BCUT2D eigenvalue weighted by molar-refractivity contribution is -0.113. The van der Waals surface area contributed by atoms with E-state index in [1.807, 2.05) is 57.2 Å². The fourth-order valence-electron chi connectivity index (χ4n) is 3.05. The Morgan fingerprint density at radius 2 is 1.82 bits per heavy atom. The van der Waals surface area contributed by atoms with Crippen LogP contribution in [0.1, 0.15) is 23.7 Å². The van der Waals surface area contributed by atoms with Gasteiger partial charge in [0.15, 0.2) is 5.43 Å². The zero-order valence-electron chi connectivity index (χ0n) is 16.3. The zero-order chi connectivity index (χ0) is 20.1. The Labute approximate surface area is 168 Å². The quantitative estimate of drug-likeness (QED) is 0.620. The molecule has 5 nitrogen and oxygen atoms in total. The van der Waals surface area contributed by atoms with Gasteiger partial charge in [0.05, 0.1) is 17.9 Å². The van der Waals surface area contributed by atoms with Crippen LogP contribution in [-0.4, -0.2) is 23.3 Å². The lowest BCUT2D eigenvalue weighted by atomic mass is 10.0. The number of benzene rings is 2. The SMILES string of the molecule is CCOc1ccc(NC(=O)CSCc2cc(=O)c3c(C)ccc(C)c3[nH]2)cc1. The first-order chi connectivity index (χ1) is 13.5. The third kappa shape index (κ3) is 4.75. The largest absolute Gasteiger partial charge is 0.494 e. The van der Waals surface area contributed by atoms with Crippen molar-refractivity contribution in [2.75, 3.05) is 17.7 Å². The van der Waals surface area contributed by atoms with Crippen molar-refractivity contribution < 1.29 is 9.53 Å². The molecule has 0 fully saturated rings. The Bertz CT molecular complexity index is 1040. The second-order valence-electron chi connectivity index (χ2n) is 6.61. The highest BCUT2D eigenvalue weighted by Gasteiger charge is 2.09. The summed E-state index contributed by atoms with van der Waals surface area (Å²) in [6.07, 6.45) is 0. The molecule has 2 N–H and O–H groups in total. The maximum atomic E-state index is 12.5. The van der Waals surface area contributed by atoms with Gasteiger partial charge in [-0.25, -0.2) is 0 Å². The number of pyridine rings is 1. The fraction of sp³-hybridized carbons (Fsp3) is 0.273. The van der Waals surface area contributed by atoms with Gasteiger partial charge >= 0.3 is 0 Å². The Kier molecular flexibility index (Phi) is 6.41. The van der Waals surface area contributed by atoms with Crippen LogP contribution in [0.3, 0.4) is 0 Å². The second-order valence-corrected chi connectivity index (χ2v) is 7.59. The smallest absolute Gasteiger partial charge is 0.234 e. The zero-order valence-corrected chi connectivity index (χ0v) is 17.1. The van der Waals surface area contributed by atoms with Crippen LogP contribution in [-0.2, 0) is 10.5 Å². The molecule has 0 bridgehead atoms. The van der Waals surface area contributed by atoms with Gasteiger partial charge < -0.3 is 15.0 Å². The molecule has 6 heteroatoms. The molecule has 3 aromatic rings. The molecule has 0 atom stereocenters. The van der Waals surface area contributed by atoms with Crippen LogP contribution in [0, 0.1) is 13.8 Å². The summed E-state index contributed by atoms with van der Waals surface area (Å²) in [5, 5.41) is 3.61. The molecule has 28 heavy (non-hydrogen) atoms. The molecule has 0 aliphatic carbocycles. The fourth-order valence-corrected chi connectivity index (χ4v) is 3.78. The number of hydrogen-bond acceptors (Lipinski definition) is 4. The number of aryl methyl sites for hydroxylation is 2. The second kappa shape index (κ2) is 8.97. The van der Waals surface area contributed by atoms with Gasteiger partial charge in [0, 0.05) is 28.6 Å². The summed E-state index contributed by atoms with van der Waals surface area (Å²) in [5.41, 5.74) is 4.46. The van der Waals surface area contributed by atoms with Crippen LogP contribution in [0.15, 0.2) is 47.3 Å². The van der Waals surface area contributed by atoms with Gasteiger partial charge in [0.1, 0.15) is 5.75 Å². The number of H-pyrrole nitrogens is 1. The Morgan fingerprint density at radius 3 is 2.54 bits per heavy atom. The minimum Gasteiger partial charge on any atom is -0.494 e. The molecule has 0 aliphatic heterocycles. The number of rotatable bonds is 7. The highest BCUT2D eigenvalue weighted by Crippen LogP contribution is 2.20. The van der Waals surface area contributed by atoms with E-state index in [2.05, 4.69) is 10.3 Å². The number of anilines is 1. The number of aromatic nitrogens is 1. The number of amides is 1. The van der Waals surface area contributed by atoms with E-state index in [1.165, 1.54) is 11.8 Å². The van der Waals surface area contributed by atoms with Gasteiger partial charge in [-0.15, -0.1) is 11.8 Å². The van der Waals surface area contributed by atoms with Gasteiger partial charge in [-0.1, -0.05) is 12.1 Å². The predicted octanol–water partition coefficient (Wildman–Crippen LogP) is 4.42. The van der Waals surface area contributed by atoms with Crippen molar-refractivity contribution in [1.82, 2.24) is 4.98 Å². The summed E-state index contributed by atoms with van der Waals surface area (Å²) in [7, 11) is 0. The lowest BCUT2D eigenvalue weighted by Gasteiger charge is -2.09. The van der Waals surface area contributed by atoms with Crippen LogP contribution < -0.4 is 15.5 Å². The summed E-state index contributed by atoms with van der Waals surface area (Å²) < 4.78 is 5.39. The molecule has 1 heterocycles. The lowest BCUT2D eigenvalue weighted by Crippen LogP contribution is -2.14. The maximum absolute atomic E-state index is 12.5. The third-order valence-electron chi connectivity index (χ3n) is 4.40. The van der Waals surface area contributed by atoms with Gasteiger partial charge in [0.2, 0.25) is 5.91 Å². The first-order valence-electron chi connectivity index (χ1n) is 9.20. The number of nitrogens with one attached hydrogen (secondary N) is 2. The molecule has 1 amide bonds. The summed E-state index contributed by atoms with van der Waals surface area (Å²) in [5.74, 6) is 1.57. The number of carbonyl (C=O) groups is 1. The minimum absolute atomic E-state index is 0.0180. The van der Waals surface area contributed by atoms with Crippen LogP contribution >= 0.6 is 11.8 Å². The van der Waals surface area contributed by atoms with Gasteiger partial charge in [-0.3, -0.25) is 9.59 Å². The van der Waals surface area contributed by atoms with Gasteiger partial charge in [-0.05, 0) is 56.2 Å². The van der Waals surface area contributed by atoms with Crippen molar-refractivity contribution in [3.05, 3.63) is 69.5 Å². The summed E-state index contributed by atoms with van der Waals surface area (Å²) >= 11 is 1.47. The molecule has 0 radical (unpaired) electrons. The number of fused-ring (bicyclic) bond motifs is 1. The van der Waals surface area contributed by atoms with E-state index in [0.29, 0.717) is 18.1 Å². The molecule has 0 aliphatic rings. The third-order valence-corrected chi connectivity index (χ3v) is 5.38. The van der Waals surface area contributed by atoms with Crippen molar-refractivity contribution in [3.63, 3.8) is 0 Å². The molecule has 3 rings (SSSR count). The Hall–Kier alpha value is -2.73. The first kappa shape index (κ1) is 20.0. The van der Waals surface area contributed by atoms with Crippen molar-refractivity contribution >= 4 is 34.3 Å². The molecule has 0 saturated carbocycles. The molecular formula is C22H24N2O3S. The highest BCUT2D eigenvalue weighted by atomic mass is 32.2. The topological polar surface area (TPSA) is 71.2 Å². The average molecular weight is 397 g/mol. The van der Waals surface area contributed by atoms with Crippen LogP contribution in [0.5, 0.6) is 5.75 Å². The van der Waals surface area contributed by atoms with Crippen LogP contribution in [0.2, 0.25) is 0 Å². The van der Waals surface area contributed by atoms with Crippen molar-refractivity contribution in [3.8, 4) is 5.75 Å². The van der Waals surface area contributed by atoms with E-state index in [4.69, 9.17) is 4.74 Å². The van der Waals surface area contributed by atoms with E-state index in [-0.39, 0.29) is 11.3 Å². The molecule has 0 saturated heterocycles. The van der Waals surface area contributed by atoms with E-state index in [0.717, 1.165) is 39.2 Å². The number of aromatic amines is 1. The van der Waals surface area contributed by atoms with Crippen LogP contribution in [0.25, 0.3) is 10.9 Å². The predicted molar refractivity (Wildman–Crippen MR) is 116 cm³/mol. The van der Waals surface area contributed by atoms with Crippen LogP contribution in [0.4, 0.5) is 5.69 Å². The van der Waals surface area contributed by atoms with Crippen molar-refractivity contribution in [2.24, 2.45) is 0 Å². The Morgan fingerprint density at radius 1 is 1.11 bits per heavy atom. The summed E-state index contributed by atoms with van der Waals surface area (Å²) in [6, 6.07) is 12.9. The monoisotopic (exact) mass is 396 g/mol. The van der Waals surface area contributed by atoms with E-state index >= 15 is 0 Å². The standard InChI is InChI=1S/C22H24N2O3S/c1-4-27-18-9-7-16(8-10-18)23-20(26)13-28-12-17-11-19(25)21-14(2)5-6-15(3)22(21)24-17/h5-11H,4,12-13H2,1-3H3,(H,23,26)(H,24,25). The van der Waals surface area contributed by atoms with E-state index in [9.17, 15) is 9.59 Å². The Balaban J connectivity index is 1.59. The van der Waals surface area contributed by atoms with Crippen molar-refractivity contribution in [2.45, 2.75) is 26.5 Å². The van der Waals surface area contributed by atoms with E-state index in [1.54, 1.807) is 6.07 Å². The van der Waals surface area contributed by atoms with Gasteiger partial charge in [-0.2, -0.15) is 0 Å². The van der Waals surface area contributed by atoms with Crippen molar-refractivity contribution in [1.29, 1.82) is 0 Å². The number of hydrogen-bond donors (Lipinski definition) is 2. The highest BCUT2D eigenvalue weighted by molar-refractivity contribution is 7.99. The molecule has 1 aromatic heterocycles. The molecule has 0 spiro atoms. The molecule has 2 aromatic carbocycles. The number of ether oxygens (including phenoxy) is 1. The molecule has 0 unspecified atom stereocenters. The van der Waals surface area contributed by atoms with E-state index < -0.39 is 0 Å². The molecular weight excluding hydrogens is 372 g/mol. The number of carbonyl (C=O) groups excluding carboxylic acids is 1. The molecule has 146 valence electrons. The summed E-state index contributed by atoms with van der Waals surface area (Å²) in [6.45, 7) is 6.46. The maximum Gasteiger partial charge on any atom is 0.234 e. The average Bonchev–Trinajstić information content (AvgIpc) is 2.66. The number of thioether (sulfide) groups is 1. The van der Waals surface area contributed by atoms with Gasteiger partial charge in [0.25, 0.3) is 0 Å². The normalized spacial score (nSPS) is 10.8.